The van der Waals surface area contributed by atoms with Gasteiger partial charge in [-0.15, -0.1) is 11.3 Å². The topological polar surface area (TPSA) is 23.3 Å². The third kappa shape index (κ3) is 24.2. The van der Waals surface area contributed by atoms with Crippen molar-refractivity contribution >= 4 is 75.5 Å². The number of hydrogen-bond acceptors (Lipinski definition) is 1. The van der Waals surface area contributed by atoms with Gasteiger partial charge in [-0.1, -0.05) is 288 Å². The molecule has 0 saturated heterocycles. The summed E-state index contributed by atoms with van der Waals surface area (Å²) in [5.74, 6) is 0. The lowest BCUT2D eigenvalue weighted by Gasteiger charge is -2.24. The van der Waals surface area contributed by atoms with Crippen LogP contribution in [0.25, 0.3) is 120 Å². The molecule has 0 aliphatic carbocycles. The fraction of sp³-hybridized carbons (Fsp3) is 0.369. The van der Waals surface area contributed by atoms with Crippen molar-refractivity contribution in [3.63, 3.8) is 0 Å². The van der Waals surface area contributed by atoms with E-state index < -0.39 is 0 Å². The number of pyridine rings is 6. The van der Waals surface area contributed by atoms with Gasteiger partial charge >= 0.3 is 0 Å². The number of fused-ring (bicyclic) bond motifs is 7. The molecule has 0 atom stereocenters. The minimum atomic E-state index is 0.00118. The molecule has 137 heavy (non-hydrogen) atoms. The molecule has 0 saturated carbocycles. The van der Waals surface area contributed by atoms with Crippen molar-refractivity contribution in [2.45, 2.75) is 315 Å². The van der Waals surface area contributed by atoms with Gasteiger partial charge in [0, 0.05) is 211 Å². The molecule has 6 nitrogen and oxygen atoms in total. The number of rotatable bonds is 5. The van der Waals surface area contributed by atoms with Crippen LogP contribution in [0.4, 0.5) is 0 Å². The number of nitrogens with zero attached hydrogens (tertiary/aromatic N) is 6. The van der Waals surface area contributed by atoms with Crippen LogP contribution >= 0.6 is 11.3 Å². The van der Waals surface area contributed by atoms with Gasteiger partial charge in [-0.2, -0.15) is 27.4 Å². The van der Waals surface area contributed by atoms with Crippen molar-refractivity contribution in [2.75, 3.05) is 0 Å². The molecule has 712 valence electrons. The fourth-order valence-corrected chi connectivity index (χ4v) is 20.2. The summed E-state index contributed by atoms with van der Waals surface area (Å²) in [6.07, 6.45) is 11.2. The summed E-state index contributed by atoms with van der Waals surface area (Å²) in [7, 11) is 0. The minimum absolute atomic E-state index is 0.00118. The first-order valence-electron chi connectivity index (χ1n) is 49.8. The van der Waals surface area contributed by atoms with Crippen molar-refractivity contribution < 1.29 is 27.4 Å². The second kappa shape index (κ2) is 40.1. The zero-order chi connectivity index (χ0) is 101. The highest BCUT2D eigenvalue weighted by molar-refractivity contribution is 7.17. The SMILES string of the molecule is CC(C)(C)c1cccc2ccc3ccc[n+](C(C)(C)C)c3c12.CC(C)(C)c1ccccc1-c1c2ccccc2cc[n+]1C(C)(C)C.CC(C)(C)c1ccccc1-c1c2sccc2cc[n+]1C(C)(C)C.CC(C)(C)c1ccccc1-c1cc2ccccc2c[n+]1C(C)(C)C.CC(C)(C)c1ccccc1-c1ccc2ccccc2[n+]1C(C)(C)C.CC(C)(C)c1ccccc1-c1cccc[n+]1C(C)(C)C. The van der Waals surface area contributed by atoms with Crippen LogP contribution in [0, 0.1) is 0 Å². The van der Waals surface area contributed by atoms with Crippen LogP contribution in [0.15, 0.2) is 328 Å². The van der Waals surface area contributed by atoms with Gasteiger partial charge in [0.25, 0.3) is 0 Å². The van der Waals surface area contributed by atoms with Crippen molar-refractivity contribution in [2.24, 2.45) is 0 Å². The Morgan fingerprint density at radius 1 is 0.204 bits per heavy atom. The van der Waals surface area contributed by atoms with Crippen LogP contribution in [0.1, 0.15) is 283 Å². The third-order valence-corrected chi connectivity index (χ3v) is 26.8. The van der Waals surface area contributed by atoms with Gasteiger partial charge < -0.3 is 0 Å². The van der Waals surface area contributed by atoms with Gasteiger partial charge in [0.2, 0.25) is 39.5 Å². The van der Waals surface area contributed by atoms with E-state index >= 15 is 0 Å². The molecular weight excluding hydrogens is 1680 g/mol. The number of hydrogen-bond donors (Lipinski definition) is 0. The Morgan fingerprint density at radius 3 is 1.05 bits per heavy atom. The monoisotopic (exact) mass is 1840 g/mol. The molecule has 0 aliphatic rings. The lowest BCUT2D eigenvalue weighted by molar-refractivity contribution is -0.744. The van der Waals surface area contributed by atoms with E-state index in [0.29, 0.717) is 0 Å². The Morgan fingerprint density at radius 2 is 0.562 bits per heavy atom. The molecule has 17 rings (SSSR count). The average molecular weight is 1840 g/mol. The van der Waals surface area contributed by atoms with E-state index in [9.17, 15) is 0 Å². The van der Waals surface area contributed by atoms with E-state index in [-0.39, 0.29) is 65.7 Å². The largest absolute Gasteiger partial charge is 0.231 e. The average Bonchev–Trinajstić information content (AvgIpc) is 1.35. The molecule has 0 unspecified atom stereocenters. The Kier molecular flexibility index (Phi) is 30.5. The maximum Gasteiger partial charge on any atom is 0.231 e. The standard InChI is InChI=1S/3C23H28N.C21H26NS.C21H26N.C19H26N/c1-22(2,3)19-13-9-8-12-18(19)21-16-15-17-11-7-10-14-20(17)24(21)23(4,5)6;1-22(2,3)20-14-10-9-13-19(20)21-15-17-11-7-8-12-18(17)16-24(21)23(4,5)6;1-22(2,3)20-14-10-9-13-19(20)21-18-12-8-7-11-17(18)15-16-24(21)23(4,5)6;1-20(2,3)17-10-8-7-9-16(17)18-19-15(12-14-23-19)11-13-22(18)21(4,5)6;1-20(2,3)17-11-7-9-15-12-13-16-10-8-14-22(21(4,5)6)19(16)18(15)17;1-18(2,3)16-12-8-7-11-15(16)17-13-9-10-14-20(17)19(4,5)6/h3*7-16H,1-6H3;7-14H,1-6H3;7-14H,1-6H3;7-14H,1-6H3/q6*+1. The van der Waals surface area contributed by atoms with Crippen molar-refractivity contribution in [3.05, 3.63) is 361 Å². The molecule has 0 radical (unpaired) electrons. The molecule has 17 aromatic rings. The first-order valence-corrected chi connectivity index (χ1v) is 50.7. The highest BCUT2D eigenvalue weighted by Crippen LogP contribution is 2.43. The summed E-state index contributed by atoms with van der Waals surface area (Å²) in [6.45, 7) is 82.0. The quantitative estimate of drug-likeness (QED) is 0.121. The number of benzene rings is 10. The molecule has 0 fully saturated rings. The predicted octanol–water partition coefficient (Wildman–Crippen LogP) is 33.5. The van der Waals surface area contributed by atoms with Gasteiger partial charge in [-0.25, -0.2) is 0 Å². The van der Waals surface area contributed by atoms with E-state index in [4.69, 9.17) is 0 Å². The van der Waals surface area contributed by atoms with Crippen LogP contribution in [0.3, 0.4) is 0 Å². The normalized spacial score (nSPS) is 12.7. The van der Waals surface area contributed by atoms with E-state index in [1.165, 1.54) is 154 Å². The maximum atomic E-state index is 2.48. The van der Waals surface area contributed by atoms with Crippen molar-refractivity contribution in [3.8, 4) is 56.3 Å². The summed E-state index contributed by atoms with van der Waals surface area (Å²) in [5, 5.41) is 14.0. The molecule has 0 amide bonds. The van der Waals surface area contributed by atoms with Gasteiger partial charge in [-0.05, 0) is 166 Å². The molecule has 7 heterocycles. The zero-order valence-corrected chi connectivity index (χ0v) is 91.1. The molecule has 10 aromatic carbocycles. The van der Waals surface area contributed by atoms with E-state index in [1.807, 2.05) is 11.3 Å². The molecule has 7 aromatic heterocycles. The smallest absolute Gasteiger partial charge is 0.194 e. The Hall–Kier alpha value is -11.6. The summed E-state index contributed by atoms with van der Waals surface area (Å²) >= 11 is 1.84. The van der Waals surface area contributed by atoms with Crippen LogP contribution in [0.2, 0.25) is 0 Å². The summed E-state index contributed by atoms with van der Waals surface area (Å²) in [5.41, 5.74) is 25.1. The lowest BCUT2D eigenvalue weighted by atomic mass is 9.82. The fourth-order valence-electron chi connectivity index (χ4n) is 19.2. The minimum Gasteiger partial charge on any atom is -0.194 e. The third-order valence-electron chi connectivity index (χ3n) is 25.8. The second-order valence-corrected chi connectivity index (χ2v) is 50.5. The van der Waals surface area contributed by atoms with E-state index in [2.05, 4.69) is 604 Å². The Bertz CT molecular complexity index is 6920. The highest BCUT2D eigenvalue weighted by Gasteiger charge is 2.39. The first kappa shape index (κ1) is 104. The molecule has 0 aliphatic heterocycles. The van der Waals surface area contributed by atoms with Crippen molar-refractivity contribution in [1.82, 2.24) is 0 Å². The van der Waals surface area contributed by atoms with E-state index in [1.54, 1.807) is 0 Å². The zero-order valence-electron chi connectivity index (χ0n) is 90.3. The summed E-state index contributed by atoms with van der Waals surface area (Å²) in [4.78, 5) is 0. The van der Waals surface area contributed by atoms with Gasteiger partial charge in [0.1, 0.15) is 4.70 Å². The summed E-state index contributed by atoms with van der Waals surface area (Å²) in [6, 6.07) is 106. The molecule has 0 spiro atoms. The molecule has 0 N–H and O–H groups in total. The maximum absolute atomic E-state index is 2.48. The van der Waals surface area contributed by atoms with Gasteiger partial charge in [0.15, 0.2) is 64.2 Å². The summed E-state index contributed by atoms with van der Waals surface area (Å²) < 4.78 is 15.9. The van der Waals surface area contributed by atoms with Crippen LogP contribution in [0.5, 0.6) is 0 Å². The molecular formula is C130H162N6S+6. The van der Waals surface area contributed by atoms with Crippen LogP contribution < -0.4 is 27.4 Å². The predicted molar refractivity (Wildman–Crippen MR) is 592 cm³/mol. The lowest BCUT2D eigenvalue weighted by Crippen LogP contribution is -2.52. The Balaban J connectivity index is 0.000000148. The van der Waals surface area contributed by atoms with Crippen molar-refractivity contribution in [1.29, 1.82) is 0 Å². The molecule has 7 heteroatoms. The van der Waals surface area contributed by atoms with Gasteiger partial charge in [-0.3, -0.25) is 0 Å². The Labute approximate surface area is 829 Å². The number of thiophene rings is 1. The van der Waals surface area contributed by atoms with Crippen LogP contribution in [-0.2, 0) is 65.7 Å². The molecule has 0 bridgehead atoms. The van der Waals surface area contributed by atoms with Crippen LogP contribution in [-0.4, -0.2) is 0 Å². The number of aromatic nitrogens is 6. The van der Waals surface area contributed by atoms with E-state index in [0.717, 1.165) is 0 Å². The highest BCUT2D eigenvalue weighted by atomic mass is 32.1. The number of para-hydroxylation sites is 1. The second-order valence-electron chi connectivity index (χ2n) is 49.6. The first-order chi connectivity index (χ1) is 63.7. The van der Waals surface area contributed by atoms with Gasteiger partial charge in [0.05, 0.1) is 21.9 Å².